The summed E-state index contributed by atoms with van der Waals surface area (Å²) in [7, 11) is 1.30. The molecule has 3 rings (SSSR count). The van der Waals surface area contributed by atoms with Crippen molar-refractivity contribution >= 4 is 11.7 Å². The number of amides is 1. The number of carbonyl (C=O) groups is 2. The van der Waals surface area contributed by atoms with Crippen LogP contribution in [0.5, 0.6) is 11.6 Å². The quantitative estimate of drug-likeness (QED) is 0.340. The molecule has 0 bridgehead atoms. The van der Waals surface area contributed by atoms with Crippen LogP contribution in [0.2, 0.25) is 0 Å². The van der Waals surface area contributed by atoms with Gasteiger partial charge >= 0.3 is 0 Å². The third kappa shape index (κ3) is 5.39. The number of ketones is 1. The van der Waals surface area contributed by atoms with Crippen LogP contribution in [0.4, 0.5) is 17.6 Å². The van der Waals surface area contributed by atoms with E-state index in [4.69, 9.17) is 4.74 Å². The van der Waals surface area contributed by atoms with Crippen molar-refractivity contribution in [2.45, 2.75) is 32.7 Å². The van der Waals surface area contributed by atoms with Gasteiger partial charge in [0.2, 0.25) is 5.88 Å². The minimum Gasteiger partial charge on any atom is -0.438 e. The van der Waals surface area contributed by atoms with E-state index in [0.29, 0.717) is 11.1 Å². The Hall–Kier alpha value is -3.69. The summed E-state index contributed by atoms with van der Waals surface area (Å²) in [6.07, 6.45) is -5.83. The van der Waals surface area contributed by atoms with Gasteiger partial charge in [-0.15, -0.1) is 0 Å². The maximum Gasteiger partial charge on any atom is 0.283 e. The van der Waals surface area contributed by atoms with Gasteiger partial charge in [-0.2, -0.15) is 5.10 Å². The van der Waals surface area contributed by atoms with Crippen LogP contribution in [0.3, 0.4) is 0 Å². The van der Waals surface area contributed by atoms with Crippen molar-refractivity contribution in [2.75, 3.05) is 0 Å². The molecular formula is C23H21F4N3O3. The van der Waals surface area contributed by atoms with Crippen LogP contribution in [0, 0.1) is 0 Å². The van der Waals surface area contributed by atoms with E-state index in [0.717, 1.165) is 10.7 Å². The Kier molecular flexibility index (Phi) is 7.15. The van der Waals surface area contributed by atoms with E-state index in [1.54, 1.807) is 31.2 Å². The molecule has 0 saturated heterocycles. The number of benzene rings is 2. The molecule has 10 heteroatoms. The molecule has 2 aromatic carbocycles. The van der Waals surface area contributed by atoms with Crippen molar-refractivity contribution in [1.82, 2.24) is 15.1 Å². The zero-order chi connectivity index (χ0) is 24.3. The van der Waals surface area contributed by atoms with Gasteiger partial charge in [-0.1, -0.05) is 36.4 Å². The number of aryl methyl sites for hydroxylation is 1. The molecule has 0 aliphatic carbocycles. The van der Waals surface area contributed by atoms with E-state index < -0.39 is 36.1 Å². The fourth-order valence-corrected chi connectivity index (χ4v) is 3.20. The molecule has 3 aromatic rings. The topological polar surface area (TPSA) is 73.2 Å². The molecule has 6 nitrogen and oxygen atoms in total. The average molecular weight is 463 g/mol. The zero-order valence-electron chi connectivity index (χ0n) is 18.0. The molecule has 1 heterocycles. The normalized spacial score (nSPS) is 12.2. The standard InChI is InChI=1S/C23H21F4N3O3/c1-12(14-7-9-15(10-8-14)13(2)31)28-22(32)18-19(21(26)27)29-30(3)23(18)33-17-6-4-5-16(11-17)20(24)25/h4-12,20-21H,1-3H3,(H,28,32)/t12-/m0/s1. The number of nitrogens with zero attached hydrogens (tertiary/aromatic N) is 2. The third-order valence-corrected chi connectivity index (χ3v) is 4.94. The van der Waals surface area contributed by atoms with Gasteiger partial charge in [0.15, 0.2) is 5.78 Å². The number of hydrogen-bond donors (Lipinski definition) is 1. The van der Waals surface area contributed by atoms with Crippen LogP contribution in [0.25, 0.3) is 0 Å². The Morgan fingerprint density at radius 2 is 1.67 bits per heavy atom. The molecule has 0 radical (unpaired) electrons. The van der Waals surface area contributed by atoms with Gasteiger partial charge in [-0.05, 0) is 31.5 Å². The minimum atomic E-state index is -3.08. The van der Waals surface area contributed by atoms with Crippen molar-refractivity contribution in [3.8, 4) is 11.6 Å². The predicted octanol–water partition coefficient (Wildman–Crippen LogP) is 5.78. The molecule has 1 aromatic heterocycles. The van der Waals surface area contributed by atoms with E-state index in [-0.39, 0.29) is 23.0 Å². The highest BCUT2D eigenvalue weighted by Gasteiger charge is 2.30. The molecule has 0 saturated carbocycles. The second-order valence-electron chi connectivity index (χ2n) is 7.34. The first-order chi connectivity index (χ1) is 15.6. The number of Topliss-reactive ketones (excluding diaryl/α,β-unsaturated/α-hetero) is 1. The van der Waals surface area contributed by atoms with Crippen molar-refractivity contribution in [3.05, 3.63) is 76.5 Å². The van der Waals surface area contributed by atoms with Crippen molar-refractivity contribution in [1.29, 1.82) is 0 Å². The number of rotatable bonds is 8. The first kappa shape index (κ1) is 24.0. The third-order valence-electron chi connectivity index (χ3n) is 4.94. The van der Waals surface area contributed by atoms with Crippen LogP contribution in [-0.4, -0.2) is 21.5 Å². The fourth-order valence-electron chi connectivity index (χ4n) is 3.20. The molecule has 1 atom stereocenters. The smallest absolute Gasteiger partial charge is 0.283 e. The Morgan fingerprint density at radius 1 is 1.00 bits per heavy atom. The maximum absolute atomic E-state index is 13.6. The SMILES string of the molecule is CC(=O)c1ccc([C@H](C)NC(=O)c2c(C(F)F)nn(C)c2Oc2cccc(C(F)F)c2)cc1. The van der Waals surface area contributed by atoms with E-state index in [9.17, 15) is 27.2 Å². The van der Waals surface area contributed by atoms with Crippen LogP contribution in [0.15, 0.2) is 48.5 Å². The summed E-state index contributed by atoms with van der Waals surface area (Å²) in [6.45, 7) is 3.07. The summed E-state index contributed by atoms with van der Waals surface area (Å²) in [5, 5.41) is 6.31. The number of aromatic nitrogens is 2. The predicted molar refractivity (Wildman–Crippen MR) is 112 cm³/mol. The van der Waals surface area contributed by atoms with E-state index >= 15 is 0 Å². The van der Waals surface area contributed by atoms with E-state index in [1.165, 1.54) is 32.2 Å². The summed E-state index contributed by atoms with van der Waals surface area (Å²) < 4.78 is 59.8. The molecule has 1 amide bonds. The lowest BCUT2D eigenvalue weighted by Crippen LogP contribution is -2.27. The summed E-state index contributed by atoms with van der Waals surface area (Å²) in [5.41, 5.74) is -0.483. The molecule has 0 aliphatic rings. The summed E-state index contributed by atoms with van der Waals surface area (Å²) in [6, 6.07) is 10.8. The lowest BCUT2D eigenvalue weighted by molar-refractivity contribution is 0.0921. The molecular weight excluding hydrogens is 442 g/mol. The molecule has 1 N–H and O–H groups in total. The highest BCUT2D eigenvalue weighted by molar-refractivity contribution is 5.98. The largest absolute Gasteiger partial charge is 0.438 e. The second-order valence-corrected chi connectivity index (χ2v) is 7.34. The number of hydrogen-bond acceptors (Lipinski definition) is 4. The number of ether oxygens (including phenoxy) is 1. The van der Waals surface area contributed by atoms with Crippen molar-refractivity contribution in [3.63, 3.8) is 0 Å². The van der Waals surface area contributed by atoms with Gasteiger partial charge in [-0.3, -0.25) is 9.59 Å². The Morgan fingerprint density at radius 3 is 2.24 bits per heavy atom. The summed E-state index contributed by atoms with van der Waals surface area (Å²) >= 11 is 0. The van der Waals surface area contributed by atoms with Gasteiger partial charge in [0.05, 0.1) is 6.04 Å². The molecule has 0 unspecified atom stereocenters. The van der Waals surface area contributed by atoms with Crippen LogP contribution in [0.1, 0.15) is 70.3 Å². The molecule has 174 valence electrons. The highest BCUT2D eigenvalue weighted by Crippen LogP contribution is 2.34. The average Bonchev–Trinajstić information content (AvgIpc) is 3.10. The number of nitrogens with one attached hydrogen (secondary N) is 1. The van der Waals surface area contributed by atoms with Gasteiger partial charge < -0.3 is 10.1 Å². The number of carbonyl (C=O) groups excluding carboxylic acids is 2. The molecule has 0 aliphatic heterocycles. The highest BCUT2D eigenvalue weighted by atomic mass is 19.3. The first-order valence-corrected chi connectivity index (χ1v) is 9.91. The molecule has 33 heavy (non-hydrogen) atoms. The summed E-state index contributed by atoms with van der Waals surface area (Å²) in [4.78, 5) is 24.4. The van der Waals surface area contributed by atoms with Crippen molar-refractivity contribution in [2.24, 2.45) is 7.05 Å². The maximum atomic E-state index is 13.6. The van der Waals surface area contributed by atoms with Gasteiger partial charge in [0, 0.05) is 18.2 Å². The Balaban J connectivity index is 1.91. The van der Waals surface area contributed by atoms with Crippen molar-refractivity contribution < 1.29 is 31.9 Å². The number of halogens is 4. The summed E-state index contributed by atoms with van der Waals surface area (Å²) in [5.74, 6) is -1.36. The van der Waals surface area contributed by atoms with Crippen LogP contribution >= 0.6 is 0 Å². The van der Waals surface area contributed by atoms with Gasteiger partial charge in [0.25, 0.3) is 18.8 Å². The second kappa shape index (κ2) is 9.85. The van der Waals surface area contributed by atoms with Gasteiger partial charge in [0.1, 0.15) is 17.0 Å². The molecule has 0 spiro atoms. The lowest BCUT2D eigenvalue weighted by atomic mass is 10.0. The van der Waals surface area contributed by atoms with E-state index in [2.05, 4.69) is 10.4 Å². The minimum absolute atomic E-state index is 0.0569. The van der Waals surface area contributed by atoms with Gasteiger partial charge in [-0.25, -0.2) is 22.2 Å². The van der Waals surface area contributed by atoms with E-state index in [1.807, 2.05) is 0 Å². The van der Waals surface area contributed by atoms with Crippen LogP contribution in [-0.2, 0) is 7.05 Å². The van der Waals surface area contributed by atoms with Crippen LogP contribution < -0.4 is 10.1 Å². The molecule has 0 fully saturated rings. The lowest BCUT2D eigenvalue weighted by Gasteiger charge is -2.16. The Labute approximate surface area is 187 Å². The number of alkyl halides is 4. The fraction of sp³-hybridized carbons (Fsp3) is 0.261. The zero-order valence-corrected chi connectivity index (χ0v) is 18.0. The monoisotopic (exact) mass is 463 g/mol. The first-order valence-electron chi connectivity index (χ1n) is 9.91. The Bertz CT molecular complexity index is 1160.